The number of likely N-dealkylation sites (tertiary alicyclic amines) is 1. The third-order valence-electron chi connectivity index (χ3n) is 8.96. The van der Waals surface area contributed by atoms with E-state index in [1.165, 1.54) is 27.2 Å². The second-order valence-corrected chi connectivity index (χ2v) is 12.8. The summed E-state index contributed by atoms with van der Waals surface area (Å²) in [7, 11) is 0. The van der Waals surface area contributed by atoms with E-state index in [1.54, 1.807) is 55.2 Å². The van der Waals surface area contributed by atoms with Crippen LogP contribution in [0.25, 0.3) is 11.1 Å². The number of thiazole rings is 1. The fraction of sp³-hybridized carbons (Fsp3) is 0.353. The summed E-state index contributed by atoms with van der Waals surface area (Å²) in [5.41, 5.74) is 3.05. The molecule has 1 fully saturated rings. The lowest BCUT2D eigenvalue weighted by Gasteiger charge is -2.31. The van der Waals surface area contributed by atoms with Crippen LogP contribution < -0.4 is 10.1 Å². The molecule has 1 N–H and O–H groups in total. The lowest BCUT2D eigenvalue weighted by molar-refractivity contribution is -0.160. The number of piperidine rings is 1. The van der Waals surface area contributed by atoms with Gasteiger partial charge in [0.25, 0.3) is 11.8 Å². The summed E-state index contributed by atoms with van der Waals surface area (Å²) >= 11 is 1.27. The Morgan fingerprint density at radius 1 is 1.08 bits per heavy atom. The number of esters is 1. The van der Waals surface area contributed by atoms with Crippen molar-refractivity contribution < 1.29 is 33.0 Å². The lowest BCUT2D eigenvalue weighted by Crippen LogP contribution is -2.45. The smallest absolute Gasteiger partial charge is 0.397 e. The molecule has 3 aliphatic heterocycles. The van der Waals surface area contributed by atoms with Crippen molar-refractivity contribution in [2.45, 2.75) is 57.8 Å². The first-order valence-electron chi connectivity index (χ1n) is 15.9. The van der Waals surface area contributed by atoms with Crippen molar-refractivity contribution in [1.29, 1.82) is 0 Å². The highest BCUT2D eigenvalue weighted by atomic mass is 32.1. The molecule has 0 radical (unpaired) electrons. The van der Waals surface area contributed by atoms with E-state index < -0.39 is 35.5 Å². The van der Waals surface area contributed by atoms with Crippen molar-refractivity contribution in [2.24, 2.45) is 0 Å². The van der Waals surface area contributed by atoms with Gasteiger partial charge in [0.1, 0.15) is 17.7 Å². The minimum atomic E-state index is -1.06. The number of aromatic nitrogens is 3. The molecule has 0 saturated carbocycles. The molecule has 4 aromatic rings. The zero-order chi connectivity index (χ0) is 33.4. The van der Waals surface area contributed by atoms with E-state index in [0.717, 1.165) is 25.1 Å². The van der Waals surface area contributed by atoms with Crippen LogP contribution >= 0.6 is 11.3 Å². The molecule has 5 heterocycles. The van der Waals surface area contributed by atoms with Gasteiger partial charge in [-0.2, -0.15) is 0 Å². The van der Waals surface area contributed by atoms with Crippen LogP contribution in [0.5, 0.6) is 5.75 Å². The molecule has 2 aromatic heterocycles. The number of carbonyl (C=O) groups excluding carboxylic acids is 4. The van der Waals surface area contributed by atoms with Gasteiger partial charge in [0, 0.05) is 60.9 Å². The van der Waals surface area contributed by atoms with E-state index in [1.807, 2.05) is 4.57 Å². The second kappa shape index (κ2) is 13.2. The maximum absolute atomic E-state index is 15.7. The first-order valence-corrected chi connectivity index (χ1v) is 16.8. The normalized spacial score (nSPS) is 16.4. The van der Waals surface area contributed by atoms with Gasteiger partial charge >= 0.3 is 11.9 Å². The van der Waals surface area contributed by atoms with Gasteiger partial charge in [-0.25, -0.2) is 19.2 Å². The van der Waals surface area contributed by atoms with Gasteiger partial charge < -0.3 is 23.8 Å². The number of benzene rings is 2. The van der Waals surface area contributed by atoms with Gasteiger partial charge in [-0.3, -0.25) is 19.7 Å². The summed E-state index contributed by atoms with van der Waals surface area (Å²) in [4.78, 5) is 63.2. The fourth-order valence-electron chi connectivity index (χ4n) is 6.58. The Hall–Kier alpha value is -5.11. The monoisotopic (exact) mass is 672 g/mol. The van der Waals surface area contributed by atoms with Gasteiger partial charge in [0.2, 0.25) is 0 Å². The SMILES string of the molecule is CCOC(=O)C(=O)N1CCC(Oc2ccc(-c3cc(F)c4c(c3)C(=O)N(C(C(=O)Nc3nccs3)c3ncn5c3CCC5)C4)cc2)CC1. The number of aryl methyl sites for hydroxylation is 1. The Morgan fingerprint density at radius 2 is 1.88 bits per heavy atom. The van der Waals surface area contributed by atoms with E-state index >= 15 is 4.39 Å². The molecule has 0 aliphatic carbocycles. The van der Waals surface area contributed by atoms with Crippen molar-refractivity contribution in [1.82, 2.24) is 24.3 Å². The van der Waals surface area contributed by atoms with Crippen LogP contribution in [0.3, 0.4) is 0 Å². The Labute approximate surface area is 279 Å². The van der Waals surface area contributed by atoms with Crippen molar-refractivity contribution >= 4 is 40.2 Å². The average molecular weight is 673 g/mol. The predicted molar refractivity (Wildman–Crippen MR) is 173 cm³/mol. The van der Waals surface area contributed by atoms with Gasteiger partial charge in [-0.05, 0) is 55.2 Å². The summed E-state index contributed by atoms with van der Waals surface area (Å²) in [6, 6.07) is 9.17. The molecule has 14 heteroatoms. The largest absolute Gasteiger partial charge is 0.490 e. The summed E-state index contributed by atoms with van der Waals surface area (Å²) in [6.45, 7) is 3.29. The molecular weight excluding hydrogens is 639 g/mol. The highest BCUT2D eigenvalue weighted by Gasteiger charge is 2.42. The summed E-state index contributed by atoms with van der Waals surface area (Å²) in [5, 5.41) is 4.96. The maximum atomic E-state index is 15.7. The first-order chi connectivity index (χ1) is 23.3. The molecular formula is C34H33FN6O6S. The Balaban J connectivity index is 1.06. The third-order valence-corrected chi connectivity index (χ3v) is 9.65. The van der Waals surface area contributed by atoms with Crippen LogP contribution in [0.4, 0.5) is 9.52 Å². The molecule has 48 heavy (non-hydrogen) atoms. The Kier molecular flexibility index (Phi) is 8.65. The minimum Gasteiger partial charge on any atom is -0.490 e. The fourth-order valence-corrected chi connectivity index (χ4v) is 7.11. The summed E-state index contributed by atoms with van der Waals surface area (Å²) in [5.74, 6) is -2.30. The molecule has 1 atom stereocenters. The van der Waals surface area contributed by atoms with Crippen molar-refractivity contribution in [2.75, 3.05) is 25.0 Å². The standard InChI is InChI=1S/C34H33FN6O6S/c1-2-46-33(45)32(44)39-13-9-23(10-14-39)47-22-7-5-20(6-8-22)21-16-24-25(26(35)17-21)18-41(31(24)43)29(30(42)38-34-36-11-15-48-34)28-27-4-3-12-40(27)19-37-28/h5-8,11,15-17,19,23,29H,2-4,9-10,12-14,18H2,1H3,(H,36,38,42). The zero-order valence-corrected chi connectivity index (χ0v) is 27.0. The number of anilines is 1. The van der Waals surface area contributed by atoms with Crippen molar-refractivity contribution in [3.8, 4) is 16.9 Å². The van der Waals surface area contributed by atoms with E-state index in [9.17, 15) is 19.2 Å². The van der Waals surface area contributed by atoms with Crippen molar-refractivity contribution in [3.63, 3.8) is 0 Å². The van der Waals surface area contributed by atoms with Crippen LogP contribution in [0.15, 0.2) is 54.3 Å². The van der Waals surface area contributed by atoms with Gasteiger partial charge in [0.05, 0.1) is 25.2 Å². The zero-order valence-electron chi connectivity index (χ0n) is 26.2. The molecule has 12 nitrogen and oxygen atoms in total. The topological polar surface area (TPSA) is 136 Å². The number of carbonyl (C=O) groups is 4. The molecule has 1 unspecified atom stereocenters. The molecule has 3 aliphatic rings. The molecule has 7 rings (SSSR count). The predicted octanol–water partition coefficient (Wildman–Crippen LogP) is 4.36. The average Bonchev–Trinajstić information content (AvgIpc) is 3.90. The Morgan fingerprint density at radius 3 is 2.60 bits per heavy atom. The van der Waals surface area contributed by atoms with Crippen molar-refractivity contribution in [3.05, 3.63) is 82.6 Å². The van der Waals surface area contributed by atoms with E-state index in [-0.39, 0.29) is 30.4 Å². The number of hydrogen-bond acceptors (Lipinski definition) is 9. The van der Waals surface area contributed by atoms with Crippen LogP contribution in [-0.2, 0) is 38.6 Å². The Bertz CT molecular complexity index is 1870. The van der Waals surface area contributed by atoms with Crippen LogP contribution in [0.1, 0.15) is 59.5 Å². The highest BCUT2D eigenvalue weighted by Crippen LogP contribution is 2.38. The van der Waals surface area contributed by atoms with E-state index in [0.29, 0.717) is 53.6 Å². The third kappa shape index (κ3) is 6.03. The number of imidazole rings is 1. The molecule has 248 valence electrons. The lowest BCUT2D eigenvalue weighted by atomic mass is 9.99. The molecule has 1 saturated heterocycles. The van der Waals surface area contributed by atoms with Crippen LogP contribution in [0.2, 0.25) is 0 Å². The first kappa shape index (κ1) is 31.5. The molecule has 0 spiro atoms. The maximum Gasteiger partial charge on any atom is 0.397 e. The van der Waals surface area contributed by atoms with Gasteiger partial charge in [-0.1, -0.05) is 12.1 Å². The van der Waals surface area contributed by atoms with Gasteiger partial charge in [-0.15, -0.1) is 11.3 Å². The molecule has 2 aromatic carbocycles. The highest BCUT2D eigenvalue weighted by molar-refractivity contribution is 7.13. The number of halogens is 1. The number of rotatable bonds is 8. The summed E-state index contributed by atoms with van der Waals surface area (Å²) < 4.78 is 28.6. The number of nitrogens with zero attached hydrogens (tertiary/aromatic N) is 5. The van der Waals surface area contributed by atoms with E-state index in [2.05, 4.69) is 15.3 Å². The quantitative estimate of drug-likeness (QED) is 0.216. The number of amides is 3. The minimum absolute atomic E-state index is 0.0699. The summed E-state index contributed by atoms with van der Waals surface area (Å²) in [6.07, 6.45) is 5.91. The van der Waals surface area contributed by atoms with Crippen LogP contribution in [-0.4, -0.2) is 73.8 Å². The van der Waals surface area contributed by atoms with Crippen LogP contribution in [0, 0.1) is 5.82 Å². The molecule has 0 bridgehead atoms. The molecule has 3 amide bonds. The van der Waals surface area contributed by atoms with E-state index in [4.69, 9.17) is 9.47 Å². The second-order valence-electron chi connectivity index (χ2n) is 11.9. The number of fused-ring (bicyclic) bond motifs is 2. The van der Waals surface area contributed by atoms with Gasteiger partial charge in [0.15, 0.2) is 11.2 Å². The number of ether oxygens (including phenoxy) is 2. The number of nitrogens with one attached hydrogen (secondary N) is 1. The number of hydrogen-bond donors (Lipinski definition) is 1.